The summed E-state index contributed by atoms with van der Waals surface area (Å²) in [6.45, 7) is 3.34. The Morgan fingerprint density at radius 3 is 2.36 bits per heavy atom. The van der Waals surface area contributed by atoms with Crippen LogP contribution in [0, 0.1) is 5.92 Å². The van der Waals surface area contributed by atoms with Crippen molar-refractivity contribution in [1.82, 2.24) is 0 Å². The summed E-state index contributed by atoms with van der Waals surface area (Å²) in [6, 6.07) is -1.08. The van der Waals surface area contributed by atoms with E-state index in [0.717, 1.165) is 0 Å². The predicted molar refractivity (Wildman–Crippen MR) is 165 cm³/mol. The van der Waals surface area contributed by atoms with E-state index in [1.807, 2.05) is 6.08 Å². The minimum atomic E-state index is -2.10. The first kappa shape index (κ1) is 37.1. The number of aliphatic carboxylic acids is 1. The number of fused-ring (bicyclic) bond motifs is 3. The Morgan fingerprint density at radius 1 is 0.936 bits per heavy atom. The summed E-state index contributed by atoms with van der Waals surface area (Å²) >= 11 is 0. The number of carbonyl (C=O) groups is 2. The van der Waals surface area contributed by atoms with Crippen LogP contribution in [0.25, 0.3) is 0 Å². The van der Waals surface area contributed by atoms with Crippen LogP contribution in [0.5, 0.6) is 0 Å². The molecule has 47 heavy (non-hydrogen) atoms. The minimum absolute atomic E-state index is 0.0789. The third kappa shape index (κ3) is 10.6. The third-order valence-corrected chi connectivity index (χ3v) is 8.58. The monoisotopic (exact) mass is 665 g/mol. The fourth-order valence-corrected chi connectivity index (χ4v) is 6.00. The van der Waals surface area contributed by atoms with Crippen molar-refractivity contribution >= 4 is 11.9 Å². The molecule has 4 aliphatic rings. The standard InChI is InChI=1S/C33H47NO13/c1-18-10-8-6-4-3-5-7-9-11-21(45-32-30(39)28(34)29(38)19(2)44-32)15-25-27(31(40)41)22(36)17-33(42,47-25)16-20(35)14-24-23(46-24)12-13-26(37)43-18/h3-9,11-13,18-25,27-30,32,35-36,38-39,42H,10,14-17,34H2,1-2H3,(H,40,41)/b4-3-,7-5-,8-6-,11-9-,13-12-/t18-,19-,20+,21+,22+,23?,24-,25+,27-,28+,29-,30+,32+,33-/m1/s1. The molecule has 4 rings (SSSR count). The SMILES string of the molecule is C[C@@H]1C\C=C/C=C\C=C/C=C\[C@H](O[C@@H]2O[C@H](C)[C@@H](O)[C@H](N)[C@@H]2O)C[C@@H]2O[C@](O)(C[C@@H](O)C[C@H]3OC3/C=C\C(=O)O1)C[C@H](O)[C@H]2C(=O)O. The molecule has 14 nitrogen and oxygen atoms in total. The van der Waals surface area contributed by atoms with Gasteiger partial charge in [0.1, 0.15) is 24.2 Å². The van der Waals surface area contributed by atoms with E-state index in [4.69, 9.17) is 29.4 Å². The van der Waals surface area contributed by atoms with Gasteiger partial charge in [0.05, 0.1) is 48.8 Å². The summed E-state index contributed by atoms with van der Waals surface area (Å²) < 4.78 is 28.5. The Balaban J connectivity index is 1.58. The third-order valence-electron chi connectivity index (χ3n) is 8.58. The van der Waals surface area contributed by atoms with Gasteiger partial charge >= 0.3 is 11.9 Å². The molecule has 262 valence electrons. The molecule has 2 bridgehead atoms. The zero-order valence-electron chi connectivity index (χ0n) is 26.4. The van der Waals surface area contributed by atoms with Crippen LogP contribution in [-0.4, -0.2) is 122 Å². The molecule has 14 atom stereocenters. The minimum Gasteiger partial charge on any atom is -0.481 e. The maximum Gasteiger partial charge on any atom is 0.330 e. The van der Waals surface area contributed by atoms with E-state index in [1.54, 1.807) is 56.4 Å². The van der Waals surface area contributed by atoms with E-state index in [1.165, 1.54) is 12.2 Å². The lowest BCUT2D eigenvalue weighted by atomic mass is 9.83. The van der Waals surface area contributed by atoms with E-state index in [0.29, 0.717) is 6.42 Å². The van der Waals surface area contributed by atoms with Gasteiger partial charge in [-0.25, -0.2) is 4.79 Å². The number of hydrogen-bond acceptors (Lipinski definition) is 13. The van der Waals surface area contributed by atoms with Crippen molar-refractivity contribution in [2.45, 2.75) is 125 Å². The van der Waals surface area contributed by atoms with Gasteiger partial charge in [0, 0.05) is 38.2 Å². The molecule has 0 aromatic rings. The maximum absolute atomic E-state index is 12.3. The number of nitrogens with two attached hydrogens (primary N) is 1. The second-order valence-corrected chi connectivity index (χ2v) is 12.6. The van der Waals surface area contributed by atoms with Gasteiger partial charge in [0.15, 0.2) is 12.1 Å². The zero-order valence-corrected chi connectivity index (χ0v) is 26.4. The van der Waals surface area contributed by atoms with Crippen molar-refractivity contribution in [1.29, 1.82) is 0 Å². The molecule has 0 aliphatic carbocycles. The zero-order chi connectivity index (χ0) is 34.3. The lowest BCUT2D eigenvalue weighted by Gasteiger charge is -2.45. The first-order valence-electron chi connectivity index (χ1n) is 15.9. The number of carboxylic acid groups (broad SMARTS) is 1. The largest absolute Gasteiger partial charge is 0.481 e. The number of aliphatic hydroxyl groups excluding tert-OH is 4. The summed E-state index contributed by atoms with van der Waals surface area (Å²) in [7, 11) is 0. The number of esters is 1. The summed E-state index contributed by atoms with van der Waals surface area (Å²) in [5.41, 5.74) is 5.98. The molecule has 0 aromatic carbocycles. The Morgan fingerprint density at radius 2 is 1.64 bits per heavy atom. The van der Waals surface area contributed by atoms with Gasteiger partial charge in [-0.15, -0.1) is 0 Å². The summed E-state index contributed by atoms with van der Waals surface area (Å²) in [5, 5.41) is 63.9. The fourth-order valence-electron chi connectivity index (χ4n) is 6.00. The number of ether oxygens (including phenoxy) is 5. The van der Waals surface area contributed by atoms with Crippen molar-refractivity contribution in [3.63, 3.8) is 0 Å². The smallest absolute Gasteiger partial charge is 0.330 e. The van der Waals surface area contributed by atoms with Gasteiger partial charge in [-0.3, -0.25) is 4.79 Å². The van der Waals surface area contributed by atoms with E-state index in [-0.39, 0.29) is 25.4 Å². The van der Waals surface area contributed by atoms with E-state index in [2.05, 4.69) is 0 Å². The molecule has 8 N–H and O–H groups in total. The van der Waals surface area contributed by atoms with Gasteiger partial charge in [-0.05, 0) is 19.9 Å². The number of carbonyl (C=O) groups excluding carboxylic acids is 1. The van der Waals surface area contributed by atoms with Crippen LogP contribution in [0.3, 0.4) is 0 Å². The Kier molecular flexibility index (Phi) is 13.1. The van der Waals surface area contributed by atoms with Crippen LogP contribution in [0.1, 0.15) is 46.0 Å². The van der Waals surface area contributed by atoms with Gasteiger partial charge in [-0.2, -0.15) is 0 Å². The molecular formula is C33H47NO13. The van der Waals surface area contributed by atoms with Gasteiger partial charge in [0.2, 0.25) is 0 Å². The molecule has 4 aliphatic heterocycles. The Hall–Kier alpha value is -2.76. The predicted octanol–water partition coefficient (Wildman–Crippen LogP) is 0.120. The molecule has 3 saturated heterocycles. The highest BCUT2D eigenvalue weighted by Gasteiger charge is 2.51. The average molecular weight is 666 g/mol. The molecule has 0 radical (unpaired) electrons. The molecule has 4 heterocycles. The van der Waals surface area contributed by atoms with Crippen molar-refractivity contribution in [2.75, 3.05) is 0 Å². The molecule has 3 fully saturated rings. The molecule has 0 saturated carbocycles. The number of aliphatic hydroxyl groups is 5. The second-order valence-electron chi connectivity index (χ2n) is 12.6. The van der Waals surface area contributed by atoms with Crippen LogP contribution in [0.2, 0.25) is 0 Å². The van der Waals surface area contributed by atoms with Crippen LogP contribution in [0.4, 0.5) is 0 Å². The number of allylic oxidation sites excluding steroid dienone is 6. The number of hydrogen-bond donors (Lipinski definition) is 7. The van der Waals surface area contributed by atoms with Gasteiger partial charge < -0.3 is 60.1 Å². The molecule has 0 aromatic heterocycles. The summed E-state index contributed by atoms with van der Waals surface area (Å²) in [5.74, 6) is -5.45. The van der Waals surface area contributed by atoms with Crippen LogP contribution < -0.4 is 5.73 Å². The number of rotatable bonds is 3. The van der Waals surface area contributed by atoms with E-state index in [9.17, 15) is 40.2 Å². The molecule has 0 spiro atoms. The highest BCUT2D eigenvalue weighted by atomic mass is 16.7. The first-order valence-corrected chi connectivity index (χ1v) is 15.9. The second kappa shape index (κ2) is 16.6. The molecule has 14 heteroatoms. The van der Waals surface area contributed by atoms with E-state index >= 15 is 0 Å². The van der Waals surface area contributed by atoms with Crippen molar-refractivity contribution in [3.05, 3.63) is 60.8 Å². The van der Waals surface area contributed by atoms with Gasteiger partial charge in [-0.1, -0.05) is 48.6 Å². The van der Waals surface area contributed by atoms with Crippen molar-refractivity contribution in [2.24, 2.45) is 11.7 Å². The number of carboxylic acids is 1. The lowest BCUT2D eigenvalue weighted by molar-refractivity contribution is -0.308. The lowest BCUT2D eigenvalue weighted by Crippen LogP contribution is -2.61. The van der Waals surface area contributed by atoms with Crippen LogP contribution in [0.15, 0.2) is 60.8 Å². The highest BCUT2D eigenvalue weighted by Crippen LogP contribution is 2.39. The Labute approximate surface area is 273 Å². The molecule has 1 unspecified atom stereocenters. The highest BCUT2D eigenvalue weighted by molar-refractivity contribution is 5.82. The maximum atomic E-state index is 12.3. The number of epoxide rings is 1. The summed E-state index contributed by atoms with van der Waals surface area (Å²) in [4.78, 5) is 24.4. The summed E-state index contributed by atoms with van der Waals surface area (Å²) in [6.07, 6.45) is 5.25. The normalized spacial score (nSPS) is 47.2. The van der Waals surface area contributed by atoms with Crippen LogP contribution in [-0.2, 0) is 33.3 Å². The topological polar surface area (TPSA) is 231 Å². The molecule has 0 amide bonds. The van der Waals surface area contributed by atoms with Crippen molar-refractivity contribution < 1.29 is 63.9 Å². The van der Waals surface area contributed by atoms with Gasteiger partial charge in [0.25, 0.3) is 0 Å². The van der Waals surface area contributed by atoms with Crippen molar-refractivity contribution in [3.8, 4) is 0 Å². The first-order chi connectivity index (χ1) is 22.3. The van der Waals surface area contributed by atoms with E-state index < -0.39 is 97.3 Å². The Bertz CT molecular complexity index is 1220. The van der Waals surface area contributed by atoms with Crippen LogP contribution >= 0.6 is 0 Å². The number of cyclic esters (lactones) is 1. The fraction of sp³-hybridized carbons (Fsp3) is 0.636. The average Bonchev–Trinajstić information content (AvgIpc) is 3.72. The quantitative estimate of drug-likeness (QED) is 0.157. The molecular weight excluding hydrogens is 618 g/mol.